The van der Waals surface area contributed by atoms with Crippen molar-refractivity contribution in [2.45, 2.75) is 30.4 Å². The van der Waals surface area contributed by atoms with Crippen molar-refractivity contribution in [1.82, 2.24) is 29.9 Å². The van der Waals surface area contributed by atoms with Gasteiger partial charge < -0.3 is 0 Å². The van der Waals surface area contributed by atoms with E-state index in [9.17, 15) is 0 Å². The summed E-state index contributed by atoms with van der Waals surface area (Å²) >= 11 is 3.70. The molecule has 0 bridgehead atoms. The molecule has 0 radical (unpaired) electrons. The predicted molar refractivity (Wildman–Crippen MR) is 405 cm³/mol. The molecule has 6 nitrogen and oxygen atoms in total. The molecule has 20 rings (SSSR count). The fraction of sp³-hybridized carbons (Fsp3) is 0.0217. The van der Waals surface area contributed by atoms with Gasteiger partial charge in [0.1, 0.15) is 0 Å². The number of benzene rings is 12. The zero-order valence-corrected chi connectivity index (χ0v) is 55.5. The Kier molecular flexibility index (Phi) is 13.5. The molecule has 12 aromatic carbocycles. The molecular formula is C92H56N6S2. The van der Waals surface area contributed by atoms with Crippen LogP contribution in [-0.4, -0.2) is 29.9 Å². The summed E-state index contributed by atoms with van der Waals surface area (Å²) in [5.41, 5.74) is 28.9. The van der Waals surface area contributed by atoms with Crippen molar-refractivity contribution < 1.29 is 0 Å². The molecule has 1 unspecified atom stereocenters. The van der Waals surface area contributed by atoms with Crippen LogP contribution in [0.2, 0.25) is 0 Å². The van der Waals surface area contributed by atoms with Crippen LogP contribution in [0.3, 0.4) is 0 Å². The molecule has 0 fully saturated rings. The molecule has 1 atom stereocenters. The minimum absolute atomic E-state index is 0.479. The maximum absolute atomic E-state index is 5.46. The SMILES string of the molecule is c1ccc(-c2cc(-c3cccc(-c4ccc5c(c4)C4(c6ccccc6S5)c5ccccc5-c5ccc(-c6cccc(-c7cc(-c8ccc(-c9ccc%10c(c9)C9(c%11ccccc%11S%10)c%10ccccc%10-c%10ccccc%109)nc8)nc(-c8ccccc8)n7)c6)cc54)n3)nc(-c3ccccc3)n2)cc1. The number of pyridine rings is 2. The molecule has 0 N–H and O–H groups in total. The van der Waals surface area contributed by atoms with Crippen LogP contribution in [0.25, 0.3) is 124 Å². The highest BCUT2D eigenvalue weighted by Gasteiger charge is 2.52. The van der Waals surface area contributed by atoms with Crippen molar-refractivity contribution in [3.8, 4) is 124 Å². The third-order valence-electron chi connectivity index (χ3n) is 20.5. The van der Waals surface area contributed by atoms with Gasteiger partial charge in [0, 0.05) is 64.7 Å². The van der Waals surface area contributed by atoms with Crippen molar-refractivity contribution in [1.29, 1.82) is 0 Å². The molecule has 2 aliphatic heterocycles. The molecule has 4 aromatic heterocycles. The van der Waals surface area contributed by atoms with E-state index >= 15 is 0 Å². The Labute approximate surface area is 588 Å². The van der Waals surface area contributed by atoms with Gasteiger partial charge in [-0.15, -0.1) is 0 Å². The van der Waals surface area contributed by atoms with E-state index in [0.29, 0.717) is 11.6 Å². The van der Waals surface area contributed by atoms with Crippen LogP contribution >= 0.6 is 23.5 Å². The van der Waals surface area contributed by atoms with Crippen molar-refractivity contribution in [3.63, 3.8) is 0 Å². The van der Waals surface area contributed by atoms with E-state index < -0.39 is 10.8 Å². The Morgan fingerprint density at radius 3 is 1.15 bits per heavy atom. The fourth-order valence-corrected chi connectivity index (χ4v) is 18.4. The van der Waals surface area contributed by atoms with E-state index in [1.165, 1.54) is 86.3 Å². The lowest BCUT2D eigenvalue weighted by molar-refractivity contribution is 0.722. The number of rotatable bonds is 9. The molecule has 2 spiro atoms. The second kappa shape index (κ2) is 23.2. The van der Waals surface area contributed by atoms with E-state index in [0.717, 1.165) is 89.9 Å². The summed E-state index contributed by atoms with van der Waals surface area (Å²) in [6.07, 6.45) is 1.98. The minimum atomic E-state index is -0.663. The van der Waals surface area contributed by atoms with E-state index in [4.69, 9.17) is 29.9 Å². The maximum atomic E-state index is 5.46. The third-order valence-corrected chi connectivity index (χ3v) is 22.8. The quantitative estimate of drug-likeness (QED) is 0.141. The van der Waals surface area contributed by atoms with Crippen molar-refractivity contribution in [2.24, 2.45) is 0 Å². The van der Waals surface area contributed by atoms with E-state index in [1.807, 2.05) is 84.3 Å². The van der Waals surface area contributed by atoms with Crippen LogP contribution in [0, 0.1) is 0 Å². The van der Waals surface area contributed by atoms with Crippen LogP contribution in [0.1, 0.15) is 44.5 Å². The molecular weight excluding hydrogens is 1250 g/mol. The average molecular weight is 1310 g/mol. The Hall–Kier alpha value is -12.2. The summed E-state index contributed by atoms with van der Waals surface area (Å²) in [6, 6.07) is 120. The first-order valence-corrected chi connectivity index (χ1v) is 35.4. The van der Waals surface area contributed by atoms with Crippen molar-refractivity contribution in [3.05, 3.63) is 384 Å². The molecule has 2 aliphatic carbocycles. The van der Waals surface area contributed by atoms with Gasteiger partial charge in [0.05, 0.1) is 50.7 Å². The van der Waals surface area contributed by atoms with Gasteiger partial charge in [0.2, 0.25) is 0 Å². The van der Waals surface area contributed by atoms with Gasteiger partial charge in [-0.2, -0.15) is 0 Å². The first kappa shape index (κ1) is 58.0. The molecule has 0 saturated heterocycles. The summed E-state index contributed by atoms with van der Waals surface area (Å²) in [5.74, 6) is 1.30. The lowest BCUT2D eigenvalue weighted by atomic mass is 9.66. The van der Waals surface area contributed by atoms with Gasteiger partial charge in [-0.1, -0.05) is 272 Å². The highest BCUT2D eigenvalue weighted by molar-refractivity contribution is 7.99. The lowest BCUT2D eigenvalue weighted by Crippen LogP contribution is -2.32. The topological polar surface area (TPSA) is 77.3 Å². The Bertz CT molecular complexity index is 5890. The second-order valence-electron chi connectivity index (χ2n) is 26.0. The normalized spacial score (nSPS) is 14.4. The monoisotopic (exact) mass is 1310 g/mol. The second-order valence-corrected chi connectivity index (χ2v) is 28.1. The summed E-state index contributed by atoms with van der Waals surface area (Å²) in [6.45, 7) is 0. The average Bonchev–Trinajstić information content (AvgIpc) is 1.20. The van der Waals surface area contributed by atoms with Crippen LogP contribution in [0.5, 0.6) is 0 Å². The van der Waals surface area contributed by atoms with E-state index in [-0.39, 0.29) is 0 Å². The molecule has 0 saturated carbocycles. The van der Waals surface area contributed by atoms with Gasteiger partial charge in [-0.05, 0) is 163 Å². The van der Waals surface area contributed by atoms with Gasteiger partial charge in [-0.25, -0.2) is 24.9 Å². The lowest BCUT2D eigenvalue weighted by Gasteiger charge is -2.40. The molecule has 6 heterocycles. The standard InChI is InChI=1S/C92H56N6S2/c1-4-22-57(23-5-1)81-55-84(98-90(95-81)59-26-8-3-9-27-59)80-39-21-38-79(94-80)64-45-49-88-77(53-64)92(74-37-17-19-41-86(74)100-88)72-35-15-12-32-68(72)69-46-42-61(51-75(69)92)60-28-20-29-62(50-60)82-54-83(97-89(96-82)58-24-6-2-7-25-58)65-43-47-78(93-56-65)63-44-48-87-76(52-63)91(73-36-16-18-40-85(73)99-87)70-33-13-10-30-66(70)67-31-11-14-34-71(67)91/h1-56H. The summed E-state index contributed by atoms with van der Waals surface area (Å²) in [4.78, 5) is 36.6. The first-order valence-electron chi connectivity index (χ1n) is 33.8. The number of nitrogens with zero attached hydrogens (tertiary/aromatic N) is 6. The number of hydrogen-bond acceptors (Lipinski definition) is 8. The molecule has 4 aliphatic rings. The molecule has 0 amide bonds. The largest absolute Gasteiger partial charge is 0.256 e. The van der Waals surface area contributed by atoms with E-state index in [2.05, 4.69) is 279 Å². The number of hydrogen-bond donors (Lipinski definition) is 0. The van der Waals surface area contributed by atoms with Crippen molar-refractivity contribution >= 4 is 23.5 Å². The molecule has 100 heavy (non-hydrogen) atoms. The molecule has 8 heteroatoms. The van der Waals surface area contributed by atoms with Gasteiger partial charge in [-0.3, -0.25) is 4.98 Å². The van der Waals surface area contributed by atoms with Gasteiger partial charge in [0.15, 0.2) is 11.6 Å². The zero-order chi connectivity index (χ0) is 65.9. The smallest absolute Gasteiger partial charge is 0.160 e. The highest BCUT2D eigenvalue weighted by atomic mass is 32.2. The number of fused-ring (bicyclic) bond motifs is 18. The number of aromatic nitrogens is 6. The van der Waals surface area contributed by atoms with Crippen LogP contribution < -0.4 is 0 Å². The summed E-state index contributed by atoms with van der Waals surface area (Å²) in [7, 11) is 0. The van der Waals surface area contributed by atoms with E-state index in [1.54, 1.807) is 0 Å². The predicted octanol–water partition coefficient (Wildman–Crippen LogP) is 22.7. The minimum Gasteiger partial charge on any atom is -0.256 e. The Morgan fingerprint density at radius 1 is 0.190 bits per heavy atom. The zero-order valence-electron chi connectivity index (χ0n) is 53.8. The Morgan fingerprint density at radius 2 is 0.570 bits per heavy atom. The molecule has 16 aromatic rings. The summed E-state index contributed by atoms with van der Waals surface area (Å²) in [5, 5.41) is 0. The van der Waals surface area contributed by atoms with Crippen LogP contribution in [-0.2, 0) is 10.8 Å². The summed E-state index contributed by atoms with van der Waals surface area (Å²) < 4.78 is 0. The van der Waals surface area contributed by atoms with Crippen LogP contribution in [0.4, 0.5) is 0 Å². The molecule has 466 valence electrons. The third kappa shape index (κ3) is 9.14. The maximum Gasteiger partial charge on any atom is 0.160 e. The van der Waals surface area contributed by atoms with Crippen LogP contribution in [0.15, 0.2) is 359 Å². The van der Waals surface area contributed by atoms with Gasteiger partial charge >= 0.3 is 0 Å². The Balaban J connectivity index is 0.677. The fourth-order valence-electron chi connectivity index (χ4n) is 16.1. The highest BCUT2D eigenvalue weighted by Crippen LogP contribution is 2.65. The van der Waals surface area contributed by atoms with Crippen molar-refractivity contribution in [2.75, 3.05) is 0 Å². The van der Waals surface area contributed by atoms with Gasteiger partial charge in [0.25, 0.3) is 0 Å². The first-order chi connectivity index (χ1) is 49.5.